The third-order valence-corrected chi connectivity index (χ3v) is 3.56. The monoisotopic (exact) mass is 306 g/mol. The topological polar surface area (TPSA) is 84.9 Å². The predicted molar refractivity (Wildman–Crippen MR) is 78.3 cm³/mol. The summed E-state index contributed by atoms with van der Waals surface area (Å²) in [6.07, 6.45) is -0.0308. The molecule has 1 unspecified atom stereocenters. The molecule has 0 bridgehead atoms. The van der Waals surface area contributed by atoms with Crippen LogP contribution < -0.4 is 5.32 Å². The maximum atomic E-state index is 12.3. The SMILES string of the molecule is COC(=O)CC1c2ccc(C)cc2NC(=O)N1CC(=O)OC. The summed E-state index contributed by atoms with van der Waals surface area (Å²) in [7, 11) is 2.53. The third-order valence-electron chi connectivity index (χ3n) is 3.56. The van der Waals surface area contributed by atoms with Crippen molar-refractivity contribution in [2.75, 3.05) is 26.1 Å². The first-order chi connectivity index (χ1) is 10.5. The van der Waals surface area contributed by atoms with Crippen molar-refractivity contribution in [3.8, 4) is 0 Å². The zero-order valence-electron chi connectivity index (χ0n) is 12.7. The molecule has 0 saturated heterocycles. The lowest BCUT2D eigenvalue weighted by molar-refractivity contribution is -0.145. The van der Waals surface area contributed by atoms with Crippen molar-refractivity contribution in [2.24, 2.45) is 0 Å². The number of hydrogen-bond donors (Lipinski definition) is 1. The summed E-state index contributed by atoms with van der Waals surface area (Å²) >= 11 is 0. The molecule has 1 N–H and O–H groups in total. The van der Waals surface area contributed by atoms with Gasteiger partial charge in [0.2, 0.25) is 0 Å². The van der Waals surface area contributed by atoms with Gasteiger partial charge < -0.3 is 19.7 Å². The molecule has 1 aromatic rings. The molecule has 22 heavy (non-hydrogen) atoms. The Balaban J connectivity index is 2.39. The van der Waals surface area contributed by atoms with Crippen molar-refractivity contribution in [2.45, 2.75) is 19.4 Å². The zero-order valence-corrected chi connectivity index (χ0v) is 12.7. The molecule has 2 amide bonds. The average molecular weight is 306 g/mol. The van der Waals surface area contributed by atoms with Gasteiger partial charge in [0, 0.05) is 5.69 Å². The van der Waals surface area contributed by atoms with Gasteiger partial charge in [-0.05, 0) is 24.1 Å². The summed E-state index contributed by atoms with van der Waals surface area (Å²) in [6.45, 7) is 1.67. The lowest BCUT2D eigenvalue weighted by Gasteiger charge is -2.36. The van der Waals surface area contributed by atoms with Gasteiger partial charge in [0.15, 0.2) is 0 Å². The molecule has 0 aliphatic carbocycles. The van der Waals surface area contributed by atoms with E-state index < -0.39 is 24.0 Å². The molecule has 1 aliphatic heterocycles. The minimum Gasteiger partial charge on any atom is -0.469 e. The number of ether oxygens (including phenoxy) is 2. The van der Waals surface area contributed by atoms with E-state index >= 15 is 0 Å². The molecule has 1 aliphatic rings. The molecule has 2 rings (SSSR count). The highest BCUT2D eigenvalue weighted by atomic mass is 16.5. The molecule has 118 valence electrons. The number of urea groups is 1. The number of carbonyl (C=O) groups excluding carboxylic acids is 3. The van der Waals surface area contributed by atoms with E-state index in [1.54, 1.807) is 0 Å². The smallest absolute Gasteiger partial charge is 0.325 e. The Labute approximate surface area is 128 Å². The largest absolute Gasteiger partial charge is 0.469 e. The number of esters is 2. The maximum Gasteiger partial charge on any atom is 0.325 e. The number of carbonyl (C=O) groups is 3. The van der Waals surface area contributed by atoms with E-state index in [0.29, 0.717) is 5.69 Å². The Hall–Kier alpha value is -2.57. The van der Waals surface area contributed by atoms with E-state index in [0.717, 1.165) is 11.1 Å². The summed E-state index contributed by atoms with van der Waals surface area (Å²) in [5.41, 5.74) is 2.39. The van der Waals surface area contributed by atoms with Gasteiger partial charge in [0.25, 0.3) is 0 Å². The third kappa shape index (κ3) is 3.19. The van der Waals surface area contributed by atoms with E-state index in [1.165, 1.54) is 19.1 Å². The first kappa shape index (κ1) is 15.8. The molecular formula is C15H18N2O5. The van der Waals surface area contributed by atoms with Crippen molar-refractivity contribution < 1.29 is 23.9 Å². The zero-order chi connectivity index (χ0) is 16.3. The Morgan fingerprint density at radius 3 is 2.55 bits per heavy atom. The Bertz CT molecular complexity index is 614. The fourth-order valence-corrected chi connectivity index (χ4v) is 2.41. The van der Waals surface area contributed by atoms with E-state index in [1.807, 2.05) is 25.1 Å². The highest BCUT2D eigenvalue weighted by Gasteiger charge is 2.35. The minimum atomic E-state index is -0.573. The van der Waals surface area contributed by atoms with Crippen LogP contribution >= 0.6 is 0 Å². The standard InChI is InChI=1S/C15H18N2O5/c1-9-4-5-10-11(6-9)16-15(20)17(8-14(19)22-3)12(10)7-13(18)21-2/h4-6,12H,7-8H2,1-3H3,(H,16,20). The second-order valence-corrected chi connectivity index (χ2v) is 5.02. The lowest BCUT2D eigenvalue weighted by atomic mass is 9.96. The van der Waals surface area contributed by atoms with Crippen LogP contribution in [0.3, 0.4) is 0 Å². The van der Waals surface area contributed by atoms with Crippen LogP contribution in [-0.4, -0.2) is 43.6 Å². The highest BCUT2D eigenvalue weighted by molar-refractivity contribution is 5.95. The van der Waals surface area contributed by atoms with Crippen molar-refractivity contribution in [3.05, 3.63) is 29.3 Å². The van der Waals surface area contributed by atoms with Gasteiger partial charge in [0.1, 0.15) is 6.54 Å². The van der Waals surface area contributed by atoms with Crippen LogP contribution in [0.2, 0.25) is 0 Å². The molecule has 1 aromatic carbocycles. The van der Waals surface area contributed by atoms with Crippen LogP contribution in [-0.2, 0) is 19.1 Å². The van der Waals surface area contributed by atoms with Crippen molar-refractivity contribution in [3.63, 3.8) is 0 Å². The Kier molecular flexibility index (Phi) is 4.65. The van der Waals surface area contributed by atoms with Crippen LogP contribution in [0.5, 0.6) is 0 Å². The van der Waals surface area contributed by atoms with E-state index in [9.17, 15) is 14.4 Å². The average Bonchev–Trinajstić information content (AvgIpc) is 2.49. The van der Waals surface area contributed by atoms with Gasteiger partial charge in [-0.25, -0.2) is 4.79 Å². The quantitative estimate of drug-likeness (QED) is 0.854. The van der Waals surface area contributed by atoms with Crippen molar-refractivity contribution in [1.82, 2.24) is 4.90 Å². The van der Waals surface area contributed by atoms with Crippen LogP contribution in [0.4, 0.5) is 10.5 Å². The summed E-state index contributed by atoms with van der Waals surface area (Å²) in [5.74, 6) is -1.01. The molecule has 1 heterocycles. The first-order valence-corrected chi connectivity index (χ1v) is 6.78. The summed E-state index contributed by atoms with van der Waals surface area (Å²) < 4.78 is 9.30. The number of fused-ring (bicyclic) bond motifs is 1. The number of nitrogens with one attached hydrogen (secondary N) is 1. The fraction of sp³-hybridized carbons (Fsp3) is 0.400. The molecule has 0 saturated carbocycles. The Morgan fingerprint density at radius 1 is 1.23 bits per heavy atom. The van der Waals surface area contributed by atoms with Gasteiger partial charge in [-0.15, -0.1) is 0 Å². The Morgan fingerprint density at radius 2 is 1.91 bits per heavy atom. The predicted octanol–water partition coefficient (Wildman–Crippen LogP) is 1.62. The van der Waals surface area contributed by atoms with Crippen molar-refractivity contribution in [1.29, 1.82) is 0 Å². The summed E-state index contributed by atoms with van der Waals surface area (Å²) in [4.78, 5) is 36.7. The van der Waals surface area contributed by atoms with Gasteiger partial charge in [0.05, 0.1) is 26.7 Å². The van der Waals surface area contributed by atoms with Crippen LogP contribution in [0.15, 0.2) is 18.2 Å². The van der Waals surface area contributed by atoms with Gasteiger partial charge >= 0.3 is 18.0 Å². The second kappa shape index (κ2) is 6.46. The molecule has 7 heteroatoms. The van der Waals surface area contributed by atoms with Gasteiger partial charge in [-0.1, -0.05) is 12.1 Å². The number of amides is 2. The maximum absolute atomic E-state index is 12.3. The number of anilines is 1. The van der Waals surface area contributed by atoms with E-state index in [-0.39, 0.29) is 13.0 Å². The van der Waals surface area contributed by atoms with Crippen LogP contribution in [0.25, 0.3) is 0 Å². The van der Waals surface area contributed by atoms with Gasteiger partial charge in [-0.2, -0.15) is 0 Å². The molecule has 0 fully saturated rings. The lowest BCUT2D eigenvalue weighted by Crippen LogP contribution is -2.45. The normalized spacial score (nSPS) is 16.6. The number of aryl methyl sites for hydroxylation is 1. The van der Waals surface area contributed by atoms with Crippen LogP contribution in [0, 0.1) is 6.92 Å². The molecule has 7 nitrogen and oxygen atoms in total. The summed E-state index contributed by atoms with van der Waals surface area (Å²) in [5, 5.41) is 2.73. The van der Waals surface area contributed by atoms with E-state index in [2.05, 4.69) is 10.1 Å². The highest BCUT2D eigenvalue weighted by Crippen LogP contribution is 2.35. The van der Waals surface area contributed by atoms with Crippen LogP contribution in [0.1, 0.15) is 23.6 Å². The van der Waals surface area contributed by atoms with E-state index in [4.69, 9.17) is 4.74 Å². The molecule has 1 atom stereocenters. The number of benzene rings is 1. The number of rotatable bonds is 4. The number of hydrogen-bond acceptors (Lipinski definition) is 5. The first-order valence-electron chi connectivity index (χ1n) is 6.78. The number of methoxy groups -OCH3 is 2. The molecule has 0 radical (unpaired) electrons. The molecule has 0 aromatic heterocycles. The molecule has 0 spiro atoms. The minimum absolute atomic E-state index is 0.0308. The molecular weight excluding hydrogens is 288 g/mol. The second-order valence-electron chi connectivity index (χ2n) is 5.02. The van der Waals surface area contributed by atoms with Gasteiger partial charge in [-0.3, -0.25) is 9.59 Å². The number of nitrogens with zero attached hydrogens (tertiary/aromatic N) is 1. The fourth-order valence-electron chi connectivity index (χ4n) is 2.41. The summed E-state index contributed by atoms with van der Waals surface area (Å²) in [6, 6.07) is 4.53. The van der Waals surface area contributed by atoms with Crippen molar-refractivity contribution >= 4 is 23.7 Å².